The second kappa shape index (κ2) is 14.5. The summed E-state index contributed by atoms with van der Waals surface area (Å²) in [5.74, 6) is 1.13. The van der Waals surface area contributed by atoms with Crippen LogP contribution in [0.1, 0.15) is 24.2 Å². The van der Waals surface area contributed by atoms with Crippen molar-refractivity contribution in [1.29, 1.82) is 0 Å². The number of urea groups is 2. The van der Waals surface area contributed by atoms with Gasteiger partial charge in [-0.1, -0.05) is 6.92 Å². The van der Waals surface area contributed by atoms with Crippen molar-refractivity contribution in [2.24, 2.45) is 5.92 Å². The molecule has 234 valence electrons. The molecular weight excluding hydrogens is 566 g/mol. The fourth-order valence-electron chi connectivity index (χ4n) is 4.73. The minimum Gasteiger partial charge on any atom is -0.497 e. The number of hydrogen-bond donors (Lipinski definition) is 4. The molecule has 12 heteroatoms. The summed E-state index contributed by atoms with van der Waals surface area (Å²) in [6.07, 6.45) is -0.487. The van der Waals surface area contributed by atoms with Crippen molar-refractivity contribution >= 4 is 35.0 Å². The first-order valence-electron chi connectivity index (χ1n) is 14.2. The van der Waals surface area contributed by atoms with Crippen molar-refractivity contribution in [2.45, 2.75) is 26.0 Å². The number of nitrogens with zero attached hydrogens (tertiary/aromatic N) is 2. The summed E-state index contributed by atoms with van der Waals surface area (Å²) in [7, 11) is 4.80. The van der Waals surface area contributed by atoms with Gasteiger partial charge in [0.05, 0.1) is 39.0 Å². The predicted octanol–water partition coefficient (Wildman–Crippen LogP) is 4.73. The first-order valence-corrected chi connectivity index (χ1v) is 14.2. The SMILES string of the molecule is COc1ccc(NC(=O)Nc2ccc3c(c2)C(=O)N([C@@H](C)CO)C[C@@H](C)[C@H](CN(C)C(=O)Nc2ccc(OC)cc2)O3)cc1. The number of aliphatic hydroxyl groups is 1. The van der Waals surface area contributed by atoms with Gasteiger partial charge in [-0.15, -0.1) is 0 Å². The van der Waals surface area contributed by atoms with Crippen LogP contribution in [0.5, 0.6) is 17.2 Å². The molecule has 1 aliphatic heterocycles. The molecule has 5 amide bonds. The van der Waals surface area contributed by atoms with Crippen LogP contribution in [0.15, 0.2) is 66.7 Å². The van der Waals surface area contributed by atoms with Gasteiger partial charge in [0.1, 0.15) is 23.4 Å². The number of carbonyl (C=O) groups excluding carboxylic acids is 3. The average molecular weight is 606 g/mol. The number of fused-ring (bicyclic) bond motifs is 1. The molecule has 0 fully saturated rings. The number of hydrogen-bond acceptors (Lipinski definition) is 7. The van der Waals surface area contributed by atoms with Gasteiger partial charge in [-0.2, -0.15) is 0 Å². The molecule has 12 nitrogen and oxygen atoms in total. The van der Waals surface area contributed by atoms with Gasteiger partial charge in [0.2, 0.25) is 0 Å². The summed E-state index contributed by atoms with van der Waals surface area (Å²) in [5, 5.41) is 18.3. The number of anilines is 3. The van der Waals surface area contributed by atoms with Crippen LogP contribution in [0.2, 0.25) is 0 Å². The first-order chi connectivity index (χ1) is 21.1. The Morgan fingerprint density at radius 3 is 2.07 bits per heavy atom. The molecule has 44 heavy (non-hydrogen) atoms. The molecule has 1 heterocycles. The van der Waals surface area contributed by atoms with E-state index in [1.165, 1.54) is 4.90 Å². The number of aliphatic hydroxyl groups excluding tert-OH is 1. The molecule has 0 saturated heterocycles. The zero-order valence-corrected chi connectivity index (χ0v) is 25.5. The monoisotopic (exact) mass is 605 g/mol. The number of methoxy groups -OCH3 is 2. The van der Waals surface area contributed by atoms with Gasteiger partial charge in [0, 0.05) is 36.6 Å². The third-order valence-electron chi connectivity index (χ3n) is 7.41. The van der Waals surface area contributed by atoms with E-state index in [0.29, 0.717) is 34.3 Å². The van der Waals surface area contributed by atoms with Gasteiger partial charge in [0.15, 0.2) is 0 Å². The average Bonchev–Trinajstić information content (AvgIpc) is 3.03. The van der Waals surface area contributed by atoms with Crippen molar-refractivity contribution in [1.82, 2.24) is 9.80 Å². The van der Waals surface area contributed by atoms with Crippen LogP contribution in [0.4, 0.5) is 26.7 Å². The van der Waals surface area contributed by atoms with Crippen LogP contribution < -0.4 is 30.2 Å². The van der Waals surface area contributed by atoms with E-state index < -0.39 is 18.2 Å². The highest BCUT2D eigenvalue weighted by atomic mass is 16.5. The van der Waals surface area contributed by atoms with E-state index in [0.717, 1.165) is 0 Å². The van der Waals surface area contributed by atoms with Crippen molar-refractivity contribution < 1.29 is 33.7 Å². The van der Waals surface area contributed by atoms with E-state index in [1.807, 2.05) is 6.92 Å². The molecule has 3 atom stereocenters. The van der Waals surface area contributed by atoms with E-state index in [4.69, 9.17) is 14.2 Å². The van der Waals surface area contributed by atoms with Gasteiger partial charge in [-0.05, 0) is 73.7 Å². The summed E-state index contributed by atoms with van der Waals surface area (Å²) < 4.78 is 16.7. The van der Waals surface area contributed by atoms with E-state index >= 15 is 0 Å². The lowest BCUT2D eigenvalue weighted by molar-refractivity contribution is 0.0371. The molecular formula is C32H39N5O7. The van der Waals surface area contributed by atoms with Crippen LogP contribution in [0.25, 0.3) is 0 Å². The normalized spacial score (nSPS) is 16.8. The Hall–Kier alpha value is -4.97. The minimum absolute atomic E-state index is 0.189. The molecule has 0 bridgehead atoms. The summed E-state index contributed by atoms with van der Waals surface area (Å²) in [6, 6.07) is 17.4. The third kappa shape index (κ3) is 7.90. The molecule has 4 rings (SSSR count). The quantitative estimate of drug-likeness (QED) is 0.276. The maximum Gasteiger partial charge on any atom is 0.323 e. The maximum atomic E-state index is 13.7. The van der Waals surface area contributed by atoms with Crippen LogP contribution in [0, 0.1) is 5.92 Å². The Balaban J connectivity index is 1.52. The number of rotatable bonds is 9. The molecule has 3 aromatic rings. The molecule has 0 unspecified atom stereocenters. The Morgan fingerprint density at radius 2 is 1.50 bits per heavy atom. The van der Waals surface area contributed by atoms with E-state index in [9.17, 15) is 19.5 Å². The predicted molar refractivity (Wildman–Crippen MR) is 168 cm³/mol. The molecule has 1 aliphatic rings. The van der Waals surface area contributed by atoms with Gasteiger partial charge in [-0.3, -0.25) is 4.79 Å². The molecule has 0 saturated carbocycles. The summed E-state index contributed by atoms with van der Waals surface area (Å²) >= 11 is 0. The lowest BCUT2D eigenvalue weighted by Crippen LogP contribution is -2.50. The smallest absolute Gasteiger partial charge is 0.323 e. The van der Waals surface area contributed by atoms with Crippen LogP contribution in [-0.2, 0) is 0 Å². The van der Waals surface area contributed by atoms with Crippen molar-refractivity contribution in [3.8, 4) is 17.2 Å². The highest BCUT2D eigenvalue weighted by Crippen LogP contribution is 2.31. The zero-order valence-electron chi connectivity index (χ0n) is 25.5. The molecule has 3 aromatic carbocycles. The lowest BCUT2D eigenvalue weighted by Gasteiger charge is -2.38. The Kier molecular flexibility index (Phi) is 10.5. The molecule has 0 aromatic heterocycles. The first kappa shape index (κ1) is 32.0. The second-order valence-electron chi connectivity index (χ2n) is 10.7. The van der Waals surface area contributed by atoms with Crippen molar-refractivity contribution in [2.75, 3.05) is 56.9 Å². The molecule has 4 N–H and O–H groups in total. The van der Waals surface area contributed by atoms with E-state index in [-0.39, 0.29) is 43.1 Å². The number of ether oxygens (including phenoxy) is 3. The van der Waals surface area contributed by atoms with Gasteiger partial charge in [-0.25, -0.2) is 9.59 Å². The van der Waals surface area contributed by atoms with Crippen LogP contribution >= 0.6 is 0 Å². The number of carbonyl (C=O) groups is 3. The van der Waals surface area contributed by atoms with Crippen molar-refractivity contribution in [3.05, 3.63) is 72.3 Å². The summed E-state index contributed by atoms with van der Waals surface area (Å²) in [4.78, 5) is 42.6. The summed E-state index contributed by atoms with van der Waals surface area (Å²) in [6.45, 7) is 3.98. The summed E-state index contributed by atoms with van der Waals surface area (Å²) in [5.41, 5.74) is 1.79. The Bertz CT molecular complexity index is 1450. The Morgan fingerprint density at radius 1 is 0.955 bits per heavy atom. The van der Waals surface area contributed by atoms with E-state index in [1.54, 1.807) is 99.8 Å². The Labute approximate surface area is 256 Å². The second-order valence-corrected chi connectivity index (χ2v) is 10.7. The minimum atomic E-state index is -0.495. The van der Waals surface area contributed by atoms with Crippen LogP contribution in [0.3, 0.4) is 0 Å². The molecule has 0 spiro atoms. The number of amides is 5. The molecule has 0 radical (unpaired) electrons. The molecule has 0 aliphatic carbocycles. The standard InChI is InChI=1S/C32H39N5O7/c1-20-17-37(21(2)19-38)30(39)27-16-24(34-31(40)33-22-6-11-25(42-4)12-7-22)10-15-28(27)44-29(20)18-36(3)32(41)35-23-8-13-26(43-5)14-9-23/h6-16,20-21,29,38H,17-19H2,1-5H3,(H,35,41)(H2,33,34,40)/t20-,21+,29+/m1/s1. The fraction of sp³-hybridized carbons (Fsp3) is 0.344. The van der Waals surface area contributed by atoms with Gasteiger partial charge >= 0.3 is 12.1 Å². The highest BCUT2D eigenvalue weighted by molar-refractivity contribution is 6.02. The number of benzene rings is 3. The largest absolute Gasteiger partial charge is 0.497 e. The highest BCUT2D eigenvalue weighted by Gasteiger charge is 2.34. The number of nitrogens with one attached hydrogen (secondary N) is 3. The number of likely N-dealkylation sites (N-methyl/N-ethyl adjacent to an activating group) is 1. The van der Waals surface area contributed by atoms with Crippen LogP contribution in [-0.4, -0.2) is 86.0 Å². The maximum absolute atomic E-state index is 13.7. The third-order valence-corrected chi connectivity index (χ3v) is 7.41. The lowest BCUT2D eigenvalue weighted by atomic mass is 9.99. The zero-order chi connectivity index (χ0) is 31.8. The van der Waals surface area contributed by atoms with E-state index in [2.05, 4.69) is 16.0 Å². The van der Waals surface area contributed by atoms with Crippen molar-refractivity contribution in [3.63, 3.8) is 0 Å². The van der Waals surface area contributed by atoms with Gasteiger partial charge in [0.25, 0.3) is 5.91 Å². The fourth-order valence-corrected chi connectivity index (χ4v) is 4.73. The van der Waals surface area contributed by atoms with Gasteiger partial charge < -0.3 is 45.1 Å². The topological polar surface area (TPSA) is 142 Å².